The van der Waals surface area contributed by atoms with Crippen LogP contribution in [-0.2, 0) is 26.2 Å². The van der Waals surface area contributed by atoms with Gasteiger partial charge in [-0.3, -0.25) is 13.9 Å². The van der Waals surface area contributed by atoms with Gasteiger partial charge in [0.25, 0.3) is 0 Å². The number of carbonyl (C=O) groups excluding carboxylic acids is 2. The minimum atomic E-state index is -3.94. The third kappa shape index (κ3) is 6.60. The van der Waals surface area contributed by atoms with Crippen LogP contribution in [-0.4, -0.2) is 65.2 Å². The number of halogens is 1. The van der Waals surface area contributed by atoms with Crippen molar-refractivity contribution in [2.45, 2.75) is 25.9 Å². The van der Waals surface area contributed by atoms with Crippen LogP contribution in [0.4, 0.5) is 10.1 Å². The summed E-state index contributed by atoms with van der Waals surface area (Å²) in [5.41, 5.74) is 0.703. The van der Waals surface area contributed by atoms with Crippen molar-refractivity contribution in [1.82, 2.24) is 10.2 Å². The lowest BCUT2D eigenvalue weighted by atomic mass is 10.1. The van der Waals surface area contributed by atoms with Crippen molar-refractivity contribution in [3.63, 3.8) is 0 Å². The van der Waals surface area contributed by atoms with Crippen LogP contribution >= 0.6 is 0 Å². The van der Waals surface area contributed by atoms with Crippen LogP contribution in [0.2, 0.25) is 0 Å². The summed E-state index contributed by atoms with van der Waals surface area (Å²) in [4.78, 5) is 27.3. The number of sulfonamides is 1. The monoisotopic (exact) mass is 495 g/mol. The molecule has 2 aromatic rings. The average Bonchev–Trinajstić information content (AvgIpc) is 2.82. The molecule has 0 bridgehead atoms. The first kappa shape index (κ1) is 26.9. The zero-order valence-corrected chi connectivity index (χ0v) is 20.7. The van der Waals surface area contributed by atoms with E-state index in [4.69, 9.17) is 9.47 Å². The molecule has 0 radical (unpaired) electrons. The molecule has 11 heteroatoms. The highest BCUT2D eigenvalue weighted by Gasteiger charge is 2.32. The van der Waals surface area contributed by atoms with E-state index >= 15 is 0 Å². The molecule has 0 aliphatic rings. The second-order valence-electron chi connectivity index (χ2n) is 7.49. The van der Waals surface area contributed by atoms with Crippen LogP contribution in [0.5, 0.6) is 11.5 Å². The highest BCUT2D eigenvalue weighted by molar-refractivity contribution is 7.92. The van der Waals surface area contributed by atoms with Crippen molar-refractivity contribution in [1.29, 1.82) is 0 Å². The zero-order chi connectivity index (χ0) is 25.5. The molecule has 34 heavy (non-hydrogen) atoms. The van der Waals surface area contributed by atoms with E-state index in [9.17, 15) is 22.4 Å². The molecule has 0 saturated carbocycles. The van der Waals surface area contributed by atoms with E-state index in [2.05, 4.69) is 5.32 Å². The van der Waals surface area contributed by atoms with Gasteiger partial charge in [-0.25, -0.2) is 12.8 Å². The van der Waals surface area contributed by atoms with Crippen molar-refractivity contribution < 1.29 is 31.9 Å². The Hall–Kier alpha value is -3.34. The van der Waals surface area contributed by atoms with Gasteiger partial charge >= 0.3 is 0 Å². The summed E-state index contributed by atoms with van der Waals surface area (Å²) in [5, 5.41) is 2.53. The van der Waals surface area contributed by atoms with Crippen molar-refractivity contribution in [3.8, 4) is 11.5 Å². The van der Waals surface area contributed by atoms with E-state index in [0.717, 1.165) is 10.6 Å². The minimum Gasteiger partial charge on any atom is -0.497 e. The third-order valence-corrected chi connectivity index (χ3v) is 6.36. The van der Waals surface area contributed by atoms with Gasteiger partial charge in [0.1, 0.15) is 29.9 Å². The molecule has 0 unspecified atom stereocenters. The van der Waals surface area contributed by atoms with Crippen molar-refractivity contribution in [2.24, 2.45) is 0 Å². The lowest BCUT2D eigenvalue weighted by Gasteiger charge is -2.33. The fraction of sp³-hybridized carbons (Fsp3) is 0.391. The summed E-state index contributed by atoms with van der Waals surface area (Å²) >= 11 is 0. The number of nitrogens with one attached hydrogen (secondary N) is 1. The molecule has 186 valence electrons. The Balaban J connectivity index is 2.51. The predicted octanol–water partition coefficient (Wildman–Crippen LogP) is 2.16. The Morgan fingerprint density at radius 3 is 2.24 bits per heavy atom. The maximum absolute atomic E-state index is 13.5. The van der Waals surface area contributed by atoms with Gasteiger partial charge in [-0.05, 0) is 36.2 Å². The van der Waals surface area contributed by atoms with Gasteiger partial charge < -0.3 is 19.7 Å². The molecule has 0 aliphatic heterocycles. The van der Waals surface area contributed by atoms with Crippen molar-refractivity contribution >= 4 is 27.5 Å². The molecule has 0 aliphatic carbocycles. The molecule has 1 N–H and O–H groups in total. The summed E-state index contributed by atoms with van der Waals surface area (Å²) < 4.78 is 50.2. The lowest BCUT2D eigenvalue weighted by molar-refractivity contribution is -0.140. The minimum absolute atomic E-state index is 0.0160. The lowest BCUT2D eigenvalue weighted by Crippen LogP contribution is -2.51. The van der Waals surface area contributed by atoms with Crippen LogP contribution in [0.15, 0.2) is 42.5 Å². The molecule has 0 fully saturated rings. The Kier molecular flexibility index (Phi) is 9.25. The fourth-order valence-electron chi connectivity index (χ4n) is 3.46. The quantitative estimate of drug-likeness (QED) is 0.512. The van der Waals surface area contributed by atoms with E-state index in [0.29, 0.717) is 11.3 Å². The van der Waals surface area contributed by atoms with E-state index in [1.807, 2.05) is 0 Å². The summed E-state index contributed by atoms with van der Waals surface area (Å²) in [7, 11) is 0.327. The summed E-state index contributed by atoms with van der Waals surface area (Å²) in [6.07, 6.45) is 1.26. The summed E-state index contributed by atoms with van der Waals surface area (Å²) in [6, 6.07) is 9.24. The van der Waals surface area contributed by atoms with Crippen LogP contribution in [0.3, 0.4) is 0 Å². The van der Waals surface area contributed by atoms with Gasteiger partial charge in [-0.1, -0.05) is 19.1 Å². The second-order valence-corrected chi connectivity index (χ2v) is 9.40. The Labute approximate surface area is 199 Å². The molecule has 0 heterocycles. The molecular formula is C23H30FN3O6S. The number of amides is 2. The first-order valence-corrected chi connectivity index (χ1v) is 12.4. The molecule has 0 spiro atoms. The maximum atomic E-state index is 13.5. The van der Waals surface area contributed by atoms with Crippen LogP contribution in [0.25, 0.3) is 0 Å². The highest BCUT2D eigenvalue weighted by Crippen LogP contribution is 2.34. The number of ether oxygens (including phenoxy) is 2. The Bertz CT molecular complexity index is 1110. The predicted molar refractivity (Wildman–Crippen MR) is 127 cm³/mol. The standard InChI is InChI=1S/C23H30FN3O6S/c1-6-19(23(29)25-2)26(14-16-7-9-17(24)10-8-16)22(28)15-27(34(5,30)31)20-13-18(32-3)11-12-21(20)33-4/h7-13,19H,6,14-15H2,1-5H3,(H,25,29)/t19-/m0/s1. The first-order valence-electron chi connectivity index (χ1n) is 10.5. The molecule has 1 atom stereocenters. The van der Waals surface area contributed by atoms with Crippen LogP contribution in [0.1, 0.15) is 18.9 Å². The third-order valence-electron chi connectivity index (χ3n) is 5.23. The Morgan fingerprint density at radius 2 is 1.74 bits per heavy atom. The molecule has 0 aromatic heterocycles. The molecule has 0 saturated heterocycles. The normalized spacial score (nSPS) is 11.9. The smallest absolute Gasteiger partial charge is 0.244 e. The largest absolute Gasteiger partial charge is 0.497 e. The zero-order valence-electron chi connectivity index (χ0n) is 19.9. The number of likely N-dealkylation sites (N-methyl/N-ethyl adjacent to an activating group) is 1. The van der Waals surface area contributed by atoms with Gasteiger partial charge in [0.05, 0.1) is 26.2 Å². The van der Waals surface area contributed by atoms with Gasteiger partial charge in [0.15, 0.2) is 0 Å². The number of methoxy groups -OCH3 is 2. The Morgan fingerprint density at radius 1 is 1.09 bits per heavy atom. The maximum Gasteiger partial charge on any atom is 0.244 e. The first-order chi connectivity index (χ1) is 16.0. The van der Waals surface area contributed by atoms with Gasteiger partial charge in [-0.2, -0.15) is 0 Å². The van der Waals surface area contributed by atoms with Gasteiger partial charge in [-0.15, -0.1) is 0 Å². The van der Waals surface area contributed by atoms with Crippen molar-refractivity contribution in [3.05, 3.63) is 53.8 Å². The van der Waals surface area contributed by atoms with Crippen LogP contribution in [0, 0.1) is 5.82 Å². The van der Waals surface area contributed by atoms with E-state index in [1.54, 1.807) is 13.0 Å². The molecule has 9 nitrogen and oxygen atoms in total. The summed E-state index contributed by atoms with van der Waals surface area (Å²) in [6.45, 7) is 1.14. The van der Waals surface area contributed by atoms with E-state index in [1.165, 1.54) is 62.6 Å². The van der Waals surface area contributed by atoms with Gasteiger partial charge in [0, 0.05) is 19.7 Å². The summed E-state index contributed by atoms with van der Waals surface area (Å²) in [5.74, 6) is -0.856. The molecule has 2 amide bonds. The number of rotatable bonds is 11. The van der Waals surface area contributed by atoms with Gasteiger partial charge in [0.2, 0.25) is 21.8 Å². The molecular weight excluding hydrogens is 465 g/mol. The number of benzene rings is 2. The fourth-order valence-corrected chi connectivity index (χ4v) is 4.30. The highest BCUT2D eigenvalue weighted by atomic mass is 32.2. The van der Waals surface area contributed by atoms with Crippen LogP contribution < -0.4 is 19.1 Å². The van der Waals surface area contributed by atoms with Crippen molar-refractivity contribution in [2.75, 3.05) is 38.4 Å². The number of nitrogens with zero attached hydrogens (tertiary/aromatic N) is 2. The topological polar surface area (TPSA) is 105 Å². The number of hydrogen-bond donors (Lipinski definition) is 1. The molecule has 2 aromatic carbocycles. The van der Waals surface area contributed by atoms with E-state index in [-0.39, 0.29) is 24.4 Å². The average molecular weight is 496 g/mol. The number of carbonyl (C=O) groups is 2. The molecule has 2 rings (SSSR count). The SMILES string of the molecule is CC[C@@H](C(=O)NC)N(Cc1ccc(F)cc1)C(=O)CN(c1cc(OC)ccc1OC)S(C)(=O)=O. The van der Waals surface area contributed by atoms with E-state index < -0.39 is 40.2 Å². The second kappa shape index (κ2) is 11.7. The number of hydrogen-bond acceptors (Lipinski definition) is 6. The number of anilines is 1.